The molecular weight excluding hydrogens is 439 g/mol. The Balaban J connectivity index is 0.00000160. The monoisotopic (exact) mass is 464 g/mol. The summed E-state index contributed by atoms with van der Waals surface area (Å²) in [6.45, 7) is 2.12. The molecular formula is C23H27Cl3N4. The fraction of sp³-hybridized carbons (Fsp3) is 0.304. The molecule has 7 heteroatoms. The minimum atomic E-state index is 0. The molecule has 1 aromatic heterocycles. The van der Waals surface area contributed by atoms with E-state index >= 15 is 0 Å². The van der Waals surface area contributed by atoms with E-state index in [4.69, 9.17) is 27.4 Å². The summed E-state index contributed by atoms with van der Waals surface area (Å²) in [5, 5.41) is 1.91. The Morgan fingerprint density at radius 3 is 2.33 bits per heavy atom. The van der Waals surface area contributed by atoms with Gasteiger partial charge in [0.25, 0.3) is 0 Å². The molecule has 0 aliphatic heterocycles. The van der Waals surface area contributed by atoms with Crippen molar-refractivity contribution >= 4 is 59.5 Å². The third kappa shape index (κ3) is 5.71. The minimum Gasteiger partial charge on any atom is -0.271 e. The van der Waals surface area contributed by atoms with E-state index < -0.39 is 0 Å². The zero-order chi connectivity index (χ0) is 19.5. The highest BCUT2D eigenvalue weighted by Gasteiger charge is 2.24. The molecule has 1 aliphatic rings. The van der Waals surface area contributed by atoms with Crippen LogP contribution in [0.25, 0.3) is 23.1 Å². The van der Waals surface area contributed by atoms with Gasteiger partial charge in [-0.15, -0.1) is 24.8 Å². The number of benzene rings is 2. The van der Waals surface area contributed by atoms with Crippen molar-refractivity contribution in [1.29, 1.82) is 0 Å². The molecule has 160 valence electrons. The van der Waals surface area contributed by atoms with Gasteiger partial charge in [0, 0.05) is 22.4 Å². The van der Waals surface area contributed by atoms with E-state index in [9.17, 15) is 0 Å². The van der Waals surface area contributed by atoms with Crippen LogP contribution in [0.1, 0.15) is 54.2 Å². The standard InChI is InChI=1S/C23H25ClN4.2ClH/c1-15-2-12-21-20(14-15)23(17-6-10-19(28-25)11-7-17)27-22(26-21)13-5-16-3-8-18(24)9-4-16;;/h2-5,8-9,12-14,17,19,28H,6-7,10-11,25H2,1H3;2*1H. The number of nitrogens with two attached hydrogens (primary N) is 1. The van der Waals surface area contributed by atoms with Crippen LogP contribution in [-0.2, 0) is 0 Å². The average molecular weight is 466 g/mol. The quantitative estimate of drug-likeness (QED) is 0.361. The molecule has 4 nitrogen and oxygen atoms in total. The Hall–Kier alpha value is -1.69. The first-order valence-corrected chi connectivity index (χ1v) is 10.2. The van der Waals surface area contributed by atoms with Crippen LogP contribution >= 0.6 is 36.4 Å². The number of hydrogen-bond donors (Lipinski definition) is 2. The van der Waals surface area contributed by atoms with Gasteiger partial charge < -0.3 is 0 Å². The summed E-state index contributed by atoms with van der Waals surface area (Å²) in [6, 6.07) is 14.6. The van der Waals surface area contributed by atoms with Crippen LogP contribution in [0, 0.1) is 6.92 Å². The van der Waals surface area contributed by atoms with Gasteiger partial charge in [0.1, 0.15) is 0 Å². The maximum atomic E-state index is 5.97. The first-order chi connectivity index (χ1) is 13.6. The van der Waals surface area contributed by atoms with Gasteiger partial charge in [0.05, 0.1) is 11.2 Å². The highest BCUT2D eigenvalue weighted by molar-refractivity contribution is 6.30. The number of aryl methyl sites for hydroxylation is 1. The zero-order valence-corrected chi connectivity index (χ0v) is 19.2. The SMILES string of the molecule is Cc1ccc2nc(C=Cc3ccc(Cl)cc3)nc(C3CCC(NN)CC3)c2c1.Cl.Cl. The van der Waals surface area contributed by atoms with Crippen molar-refractivity contribution in [2.45, 2.75) is 44.6 Å². The molecule has 0 unspecified atom stereocenters. The lowest BCUT2D eigenvalue weighted by Crippen LogP contribution is -2.37. The molecule has 3 aromatic rings. The van der Waals surface area contributed by atoms with Gasteiger partial charge in [-0.3, -0.25) is 11.3 Å². The van der Waals surface area contributed by atoms with Crippen LogP contribution in [0.15, 0.2) is 42.5 Å². The highest BCUT2D eigenvalue weighted by atomic mass is 35.5. The fourth-order valence-electron chi connectivity index (χ4n) is 3.95. The summed E-state index contributed by atoms with van der Waals surface area (Å²) in [5.41, 5.74) is 7.41. The van der Waals surface area contributed by atoms with Crippen molar-refractivity contribution in [2.75, 3.05) is 0 Å². The summed E-state index contributed by atoms with van der Waals surface area (Å²) < 4.78 is 0. The lowest BCUT2D eigenvalue weighted by Gasteiger charge is -2.28. The Morgan fingerprint density at radius 1 is 0.967 bits per heavy atom. The number of nitrogens with zero attached hydrogens (tertiary/aromatic N) is 2. The largest absolute Gasteiger partial charge is 0.271 e. The first-order valence-electron chi connectivity index (χ1n) is 9.80. The van der Waals surface area contributed by atoms with Gasteiger partial charge in [-0.2, -0.15) is 0 Å². The van der Waals surface area contributed by atoms with Crippen molar-refractivity contribution in [1.82, 2.24) is 15.4 Å². The Bertz CT molecular complexity index is 997. The molecule has 1 saturated carbocycles. The van der Waals surface area contributed by atoms with Crippen LogP contribution in [-0.4, -0.2) is 16.0 Å². The molecule has 0 amide bonds. The first kappa shape index (κ1) is 24.6. The normalized spacial score (nSPS) is 18.8. The van der Waals surface area contributed by atoms with E-state index in [-0.39, 0.29) is 24.8 Å². The highest BCUT2D eigenvalue weighted by Crippen LogP contribution is 2.35. The third-order valence-electron chi connectivity index (χ3n) is 5.54. The van der Waals surface area contributed by atoms with E-state index in [1.165, 1.54) is 16.6 Å². The second-order valence-corrected chi connectivity index (χ2v) is 8.02. The maximum Gasteiger partial charge on any atom is 0.152 e. The van der Waals surface area contributed by atoms with Crippen molar-refractivity contribution in [3.8, 4) is 0 Å². The number of rotatable bonds is 4. The van der Waals surface area contributed by atoms with Crippen LogP contribution < -0.4 is 11.3 Å². The Labute approximate surface area is 195 Å². The van der Waals surface area contributed by atoms with E-state index in [0.29, 0.717) is 12.0 Å². The van der Waals surface area contributed by atoms with Gasteiger partial charge >= 0.3 is 0 Å². The number of fused-ring (bicyclic) bond motifs is 1. The molecule has 1 heterocycles. The molecule has 0 saturated heterocycles. The molecule has 0 atom stereocenters. The lowest BCUT2D eigenvalue weighted by molar-refractivity contribution is 0.344. The molecule has 1 fully saturated rings. The molecule has 2 aromatic carbocycles. The van der Waals surface area contributed by atoms with E-state index in [2.05, 4.69) is 30.5 Å². The number of halogens is 3. The summed E-state index contributed by atoms with van der Waals surface area (Å²) >= 11 is 5.97. The molecule has 30 heavy (non-hydrogen) atoms. The molecule has 0 spiro atoms. The van der Waals surface area contributed by atoms with Crippen LogP contribution in [0.3, 0.4) is 0 Å². The number of aromatic nitrogens is 2. The molecule has 4 rings (SSSR count). The summed E-state index contributed by atoms with van der Waals surface area (Å²) in [4.78, 5) is 9.75. The molecule has 1 aliphatic carbocycles. The van der Waals surface area contributed by atoms with Gasteiger partial charge in [0.15, 0.2) is 5.82 Å². The van der Waals surface area contributed by atoms with E-state index in [1.54, 1.807) is 0 Å². The van der Waals surface area contributed by atoms with Gasteiger partial charge in [-0.25, -0.2) is 9.97 Å². The summed E-state index contributed by atoms with van der Waals surface area (Å²) in [7, 11) is 0. The second-order valence-electron chi connectivity index (χ2n) is 7.59. The smallest absolute Gasteiger partial charge is 0.152 e. The van der Waals surface area contributed by atoms with E-state index in [1.807, 2.05) is 36.4 Å². The van der Waals surface area contributed by atoms with Gasteiger partial charge in [-0.05, 0) is 68.5 Å². The van der Waals surface area contributed by atoms with Crippen molar-refractivity contribution in [3.63, 3.8) is 0 Å². The summed E-state index contributed by atoms with van der Waals surface area (Å²) in [6.07, 6.45) is 8.36. The predicted molar refractivity (Wildman–Crippen MR) is 131 cm³/mol. The summed E-state index contributed by atoms with van der Waals surface area (Å²) in [5.74, 6) is 6.83. The van der Waals surface area contributed by atoms with Crippen molar-refractivity contribution in [3.05, 3.63) is 70.1 Å². The fourth-order valence-corrected chi connectivity index (χ4v) is 4.07. The minimum absolute atomic E-state index is 0. The lowest BCUT2D eigenvalue weighted by atomic mass is 9.83. The van der Waals surface area contributed by atoms with Crippen molar-refractivity contribution in [2.24, 2.45) is 5.84 Å². The Morgan fingerprint density at radius 2 is 1.67 bits per heavy atom. The maximum absolute atomic E-state index is 5.97. The van der Waals surface area contributed by atoms with Gasteiger partial charge in [0.2, 0.25) is 0 Å². The number of hydrazine groups is 1. The molecule has 3 N–H and O–H groups in total. The van der Waals surface area contributed by atoms with Crippen molar-refractivity contribution < 1.29 is 0 Å². The number of hydrogen-bond acceptors (Lipinski definition) is 4. The van der Waals surface area contributed by atoms with E-state index in [0.717, 1.165) is 47.6 Å². The van der Waals surface area contributed by atoms with Crippen LogP contribution in [0.5, 0.6) is 0 Å². The van der Waals surface area contributed by atoms with Crippen LogP contribution in [0.4, 0.5) is 0 Å². The third-order valence-corrected chi connectivity index (χ3v) is 5.79. The van der Waals surface area contributed by atoms with Crippen LogP contribution in [0.2, 0.25) is 5.02 Å². The molecule has 0 bridgehead atoms. The zero-order valence-electron chi connectivity index (χ0n) is 16.8. The molecule has 0 radical (unpaired) electrons. The van der Waals surface area contributed by atoms with Gasteiger partial charge in [-0.1, -0.05) is 41.4 Å². The Kier molecular flexibility index (Phi) is 9.08. The average Bonchev–Trinajstić information content (AvgIpc) is 2.73. The predicted octanol–water partition coefficient (Wildman–Crippen LogP) is 6.10. The number of nitrogens with one attached hydrogen (secondary N) is 1. The second kappa shape index (κ2) is 11.1. The topological polar surface area (TPSA) is 63.8 Å².